The number of benzene rings is 3. The van der Waals surface area contributed by atoms with E-state index in [-0.39, 0.29) is 15.5 Å². The number of ether oxygens (including phenoxy) is 1. The molecule has 0 radical (unpaired) electrons. The molecule has 2 heterocycles. The minimum absolute atomic E-state index is 0.0593. The fourth-order valence-corrected chi connectivity index (χ4v) is 5.19. The Kier molecular flexibility index (Phi) is 6.66. The van der Waals surface area contributed by atoms with E-state index in [2.05, 4.69) is 16.3 Å². The fraction of sp³-hybridized carbons (Fsp3) is 0.185. The van der Waals surface area contributed by atoms with Gasteiger partial charge >= 0.3 is 0 Å². The molecule has 0 atom stereocenters. The molecule has 0 saturated carbocycles. The summed E-state index contributed by atoms with van der Waals surface area (Å²) in [5, 5.41) is 3.99. The van der Waals surface area contributed by atoms with E-state index < -0.39 is 15.7 Å². The Morgan fingerprint density at radius 1 is 1.00 bits per heavy atom. The quantitative estimate of drug-likeness (QED) is 0.395. The predicted molar refractivity (Wildman–Crippen MR) is 143 cm³/mol. The Balaban J connectivity index is 1.49. The van der Waals surface area contributed by atoms with Crippen LogP contribution in [0.1, 0.15) is 10.4 Å². The van der Waals surface area contributed by atoms with Crippen molar-refractivity contribution in [2.45, 2.75) is 4.90 Å². The number of amides is 1. The molecule has 9 heteroatoms. The van der Waals surface area contributed by atoms with Crippen LogP contribution in [-0.4, -0.2) is 51.9 Å². The molecule has 184 valence electrons. The maximum absolute atomic E-state index is 13.0. The molecule has 1 aromatic heterocycles. The van der Waals surface area contributed by atoms with Crippen molar-refractivity contribution in [3.8, 4) is 11.3 Å². The first-order valence-electron chi connectivity index (χ1n) is 11.4. The third-order valence-electron chi connectivity index (χ3n) is 6.06. The molecule has 4 aromatic rings. The molecule has 1 amide bonds. The van der Waals surface area contributed by atoms with Crippen LogP contribution >= 0.6 is 11.6 Å². The molecule has 1 saturated heterocycles. The standard InChI is InChI=1S/C27H24ClN3O4S/c1-36(33,34)21-9-10-22(23(28)17-21)27(32)29-20-7-4-6-19(15-20)26-25(31-11-13-35-14-12-31)16-18-5-2-3-8-24(18)30-26/h2-10,15-17H,11-14H2,1H3,(H,29,32). The number of halogens is 1. The van der Waals surface area contributed by atoms with E-state index in [0.717, 1.165) is 47.2 Å². The molecule has 3 aromatic carbocycles. The summed E-state index contributed by atoms with van der Waals surface area (Å²) < 4.78 is 29.1. The Morgan fingerprint density at radius 3 is 2.53 bits per heavy atom. The number of anilines is 2. The molecule has 36 heavy (non-hydrogen) atoms. The zero-order valence-electron chi connectivity index (χ0n) is 19.6. The number of sulfone groups is 1. The van der Waals surface area contributed by atoms with E-state index in [9.17, 15) is 13.2 Å². The van der Waals surface area contributed by atoms with Gasteiger partial charge in [-0.25, -0.2) is 13.4 Å². The predicted octanol–water partition coefficient (Wildman–Crippen LogP) is 5.05. The largest absolute Gasteiger partial charge is 0.378 e. The SMILES string of the molecule is CS(=O)(=O)c1ccc(C(=O)Nc2cccc(-c3nc4ccccc4cc3N3CCOCC3)c2)c(Cl)c1. The van der Waals surface area contributed by atoms with Gasteiger partial charge in [-0.15, -0.1) is 0 Å². The first-order valence-corrected chi connectivity index (χ1v) is 13.7. The smallest absolute Gasteiger partial charge is 0.257 e. The monoisotopic (exact) mass is 521 g/mol. The van der Waals surface area contributed by atoms with Crippen molar-refractivity contribution in [1.82, 2.24) is 4.98 Å². The van der Waals surface area contributed by atoms with Gasteiger partial charge in [-0.3, -0.25) is 4.79 Å². The number of hydrogen-bond acceptors (Lipinski definition) is 6. The highest BCUT2D eigenvalue weighted by Crippen LogP contribution is 2.34. The van der Waals surface area contributed by atoms with Crippen LogP contribution in [0.4, 0.5) is 11.4 Å². The fourth-order valence-electron chi connectivity index (χ4n) is 4.22. The molecule has 1 aliphatic heterocycles. The minimum Gasteiger partial charge on any atom is -0.378 e. The average Bonchev–Trinajstić information content (AvgIpc) is 2.88. The van der Waals surface area contributed by atoms with Crippen LogP contribution in [0.3, 0.4) is 0 Å². The maximum Gasteiger partial charge on any atom is 0.257 e. The second-order valence-corrected chi connectivity index (χ2v) is 11.0. The molecular formula is C27H24ClN3O4S. The van der Waals surface area contributed by atoms with Crippen molar-refractivity contribution in [2.75, 3.05) is 42.8 Å². The number of pyridine rings is 1. The lowest BCUT2D eigenvalue weighted by atomic mass is 10.0. The Hall–Kier alpha value is -3.46. The zero-order chi connectivity index (χ0) is 25.3. The normalized spacial score (nSPS) is 14.1. The van der Waals surface area contributed by atoms with Crippen molar-refractivity contribution in [3.05, 3.63) is 83.4 Å². The molecule has 1 N–H and O–H groups in total. The molecule has 0 bridgehead atoms. The summed E-state index contributed by atoms with van der Waals surface area (Å²) in [6, 6.07) is 21.7. The van der Waals surface area contributed by atoms with Gasteiger partial charge in [0.15, 0.2) is 9.84 Å². The molecule has 5 rings (SSSR count). The third-order valence-corrected chi connectivity index (χ3v) is 7.49. The van der Waals surface area contributed by atoms with Gasteiger partial charge in [0.1, 0.15) is 0 Å². The summed E-state index contributed by atoms with van der Waals surface area (Å²) >= 11 is 6.23. The topological polar surface area (TPSA) is 88.6 Å². The lowest BCUT2D eigenvalue weighted by molar-refractivity contribution is 0.102. The number of nitrogens with one attached hydrogen (secondary N) is 1. The number of morpholine rings is 1. The van der Waals surface area contributed by atoms with Gasteiger partial charge in [0.25, 0.3) is 5.91 Å². The van der Waals surface area contributed by atoms with Gasteiger partial charge in [-0.05, 0) is 42.5 Å². The van der Waals surface area contributed by atoms with E-state index in [1.54, 1.807) is 6.07 Å². The highest BCUT2D eigenvalue weighted by molar-refractivity contribution is 7.90. The van der Waals surface area contributed by atoms with E-state index in [0.29, 0.717) is 18.9 Å². The summed E-state index contributed by atoms with van der Waals surface area (Å²) in [5.74, 6) is -0.433. The number of carbonyl (C=O) groups excluding carboxylic acids is 1. The van der Waals surface area contributed by atoms with Crippen LogP contribution in [0.15, 0.2) is 77.7 Å². The zero-order valence-corrected chi connectivity index (χ0v) is 21.1. The van der Waals surface area contributed by atoms with Gasteiger partial charge in [0.2, 0.25) is 0 Å². The van der Waals surface area contributed by atoms with Crippen LogP contribution in [0.5, 0.6) is 0 Å². The highest BCUT2D eigenvalue weighted by Gasteiger charge is 2.19. The Bertz CT molecular complexity index is 1570. The Labute approximate surface area is 214 Å². The molecule has 1 aliphatic rings. The number of para-hydroxylation sites is 1. The summed E-state index contributed by atoms with van der Waals surface area (Å²) in [5.41, 5.74) is 4.34. The molecule has 7 nitrogen and oxygen atoms in total. The summed E-state index contributed by atoms with van der Waals surface area (Å²) in [7, 11) is -3.43. The summed E-state index contributed by atoms with van der Waals surface area (Å²) in [6.07, 6.45) is 1.09. The number of carbonyl (C=O) groups is 1. The van der Waals surface area contributed by atoms with Crippen molar-refractivity contribution in [1.29, 1.82) is 0 Å². The number of aromatic nitrogens is 1. The van der Waals surface area contributed by atoms with Gasteiger partial charge in [0, 0.05) is 36.0 Å². The van der Waals surface area contributed by atoms with Crippen LogP contribution < -0.4 is 10.2 Å². The van der Waals surface area contributed by atoms with Gasteiger partial charge in [-0.2, -0.15) is 0 Å². The maximum atomic E-state index is 13.0. The highest BCUT2D eigenvalue weighted by atomic mass is 35.5. The number of nitrogens with zero attached hydrogens (tertiary/aromatic N) is 2. The first-order chi connectivity index (χ1) is 17.3. The molecule has 0 aliphatic carbocycles. The van der Waals surface area contributed by atoms with Gasteiger partial charge in [0.05, 0.1) is 45.6 Å². The molecular weight excluding hydrogens is 498 g/mol. The molecule has 0 spiro atoms. The van der Waals surface area contributed by atoms with Crippen molar-refractivity contribution in [3.63, 3.8) is 0 Å². The lowest BCUT2D eigenvalue weighted by Gasteiger charge is -2.30. The van der Waals surface area contributed by atoms with Crippen molar-refractivity contribution >= 4 is 49.6 Å². The van der Waals surface area contributed by atoms with Crippen LogP contribution in [0.2, 0.25) is 5.02 Å². The Morgan fingerprint density at radius 2 is 1.78 bits per heavy atom. The molecule has 1 fully saturated rings. The second kappa shape index (κ2) is 9.89. The van der Waals surface area contributed by atoms with Crippen LogP contribution in [0, 0.1) is 0 Å². The van der Waals surface area contributed by atoms with E-state index in [1.807, 2.05) is 42.5 Å². The second-order valence-electron chi connectivity index (χ2n) is 8.60. The lowest BCUT2D eigenvalue weighted by Crippen LogP contribution is -2.36. The number of fused-ring (bicyclic) bond motifs is 1. The van der Waals surface area contributed by atoms with E-state index >= 15 is 0 Å². The summed E-state index contributed by atoms with van der Waals surface area (Å²) in [6.45, 7) is 2.85. The van der Waals surface area contributed by atoms with Crippen molar-refractivity contribution in [2.24, 2.45) is 0 Å². The minimum atomic E-state index is -3.43. The number of hydrogen-bond donors (Lipinski definition) is 1. The molecule has 0 unspecified atom stereocenters. The van der Waals surface area contributed by atoms with Crippen LogP contribution in [0.25, 0.3) is 22.2 Å². The van der Waals surface area contributed by atoms with E-state index in [4.69, 9.17) is 21.3 Å². The third kappa shape index (κ3) is 5.06. The first kappa shape index (κ1) is 24.2. The van der Waals surface area contributed by atoms with Gasteiger partial charge in [-0.1, -0.05) is 41.9 Å². The number of rotatable bonds is 5. The summed E-state index contributed by atoms with van der Waals surface area (Å²) in [4.78, 5) is 20.3. The van der Waals surface area contributed by atoms with Gasteiger partial charge < -0.3 is 15.0 Å². The van der Waals surface area contributed by atoms with Crippen molar-refractivity contribution < 1.29 is 17.9 Å². The van der Waals surface area contributed by atoms with Crippen LogP contribution in [-0.2, 0) is 14.6 Å². The van der Waals surface area contributed by atoms with E-state index in [1.165, 1.54) is 18.2 Å². The average molecular weight is 522 g/mol.